The van der Waals surface area contributed by atoms with Gasteiger partial charge in [-0.15, -0.1) is 0 Å². The molecule has 4 aliphatic rings. The van der Waals surface area contributed by atoms with Crippen molar-refractivity contribution in [2.45, 2.75) is 0 Å². The lowest BCUT2D eigenvalue weighted by atomic mass is 9.31. The molecule has 0 aliphatic carbocycles. The first kappa shape index (κ1) is 74.6. The zero-order valence-electron chi connectivity index (χ0n) is 70.2. The summed E-state index contributed by atoms with van der Waals surface area (Å²) >= 11 is 0. The molecule has 0 amide bonds. The van der Waals surface area contributed by atoms with Gasteiger partial charge in [-0.3, -0.25) is 9.13 Å². The van der Waals surface area contributed by atoms with Gasteiger partial charge in [-0.1, -0.05) is 380 Å². The predicted octanol–water partition coefficient (Wildman–Crippen LogP) is 19.6. The maximum absolute atomic E-state index is 7.47. The zero-order valence-corrected chi connectivity index (χ0v) is 70.2. The van der Waals surface area contributed by atoms with E-state index in [0.717, 1.165) is 195 Å². The molecule has 602 valence electrons. The first-order chi connectivity index (χ1) is 64.5. The summed E-state index contributed by atoms with van der Waals surface area (Å²) in [7, 11) is 0. The van der Waals surface area contributed by atoms with Gasteiger partial charge in [0, 0.05) is 49.2 Å². The molecule has 4 aliphatic heterocycles. The predicted molar refractivity (Wildman–Crippen MR) is 535 cm³/mol. The summed E-state index contributed by atoms with van der Waals surface area (Å²) in [6.45, 7) is -0.989. The van der Waals surface area contributed by atoms with Crippen molar-refractivity contribution in [2.75, 3.05) is 0 Å². The van der Waals surface area contributed by atoms with Gasteiger partial charge in [0.15, 0.2) is 17.5 Å². The van der Waals surface area contributed by atoms with Gasteiger partial charge in [0.1, 0.15) is 57.6 Å². The molecule has 0 saturated heterocycles. The molecule has 18 aromatic carbocycles. The van der Waals surface area contributed by atoms with E-state index in [0.29, 0.717) is 17.5 Å². The van der Waals surface area contributed by atoms with Crippen LogP contribution in [0.3, 0.4) is 0 Å². The molecule has 0 fully saturated rings. The first-order valence-corrected chi connectivity index (χ1v) is 44.3. The summed E-state index contributed by atoms with van der Waals surface area (Å²) in [6.07, 6.45) is 0. The van der Waals surface area contributed by atoms with Crippen molar-refractivity contribution >= 4 is 136 Å². The Morgan fingerprint density at radius 3 is 0.992 bits per heavy atom. The summed E-state index contributed by atoms with van der Waals surface area (Å²) in [6, 6.07) is 156. The number of para-hydroxylation sites is 8. The second kappa shape index (κ2) is 30.5. The molecular weight excluding hydrogens is 1580 g/mol. The summed E-state index contributed by atoms with van der Waals surface area (Å²) in [4.78, 5) is 21.7. The van der Waals surface area contributed by atoms with Crippen molar-refractivity contribution in [2.24, 2.45) is 0 Å². The lowest BCUT2D eigenvalue weighted by Gasteiger charge is -2.34. The standard InChI is InChI=1S/C116H72B4N6O4/c1-3-30-74(31-4-1)84-40-7-13-46-90(84)119-94-50-17-25-58-104(94)129-112-96(119)64-66-107-111(112)118(93-49-16-24-57-103(93)128-107)83-39-29-37-80(70-83)116-123-114(75-32-5-2-6-33-75)122-115(124-116)76-62-60-73(61-63-76)77-34-27-36-79(68-77)85-41-8-14-47-91(85)120-95-51-18-26-59-105(95)130-113-97(120)65-67-106-110(113)117(92-48-15-23-56-102(92)127-106)82-38-28-35-78(69-82)81-71-108(125-98-52-19-9-42-86(98)87-43-10-20-53-99(87)125)121-109(72-81)126-100-54-21-11-44-88(100)89-45-12-22-55-101(89)126/h1-72H. The lowest BCUT2D eigenvalue weighted by molar-refractivity contribution is 0.468. The summed E-state index contributed by atoms with van der Waals surface area (Å²) in [5, 5.41) is 4.69. The molecule has 14 heteroatoms. The van der Waals surface area contributed by atoms with Gasteiger partial charge in [0.2, 0.25) is 0 Å². The van der Waals surface area contributed by atoms with Crippen LogP contribution in [-0.2, 0) is 0 Å². The second-order valence-corrected chi connectivity index (χ2v) is 34.0. The fourth-order valence-corrected chi connectivity index (χ4v) is 21.0. The number of hydrogen-bond acceptors (Lipinski definition) is 8. The van der Waals surface area contributed by atoms with E-state index in [-0.39, 0.29) is 26.9 Å². The third-order valence-corrected chi connectivity index (χ3v) is 26.8. The Morgan fingerprint density at radius 1 is 0.185 bits per heavy atom. The van der Waals surface area contributed by atoms with Crippen LogP contribution in [0.5, 0.6) is 46.0 Å². The number of benzene rings is 18. The van der Waals surface area contributed by atoms with Gasteiger partial charge in [-0.25, -0.2) is 19.9 Å². The number of fused-ring (bicyclic) bond motifs is 16. The van der Waals surface area contributed by atoms with Crippen LogP contribution in [0.15, 0.2) is 437 Å². The van der Waals surface area contributed by atoms with Crippen LogP contribution in [0.1, 0.15) is 0 Å². The third kappa shape index (κ3) is 12.3. The third-order valence-electron chi connectivity index (χ3n) is 26.8. The minimum absolute atomic E-state index is 0.140. The highest BCUT2D eigenvalue weighted by Gasteiger charge is 2.45. The monoisotopic (exact) mass is 1660 g/mol. The van der Waals surface area contributed by atoms with Gasteiger partial charge in [0.05, 0.1) is 22.1 Å². The van der Waals surface area contributed by atoms with Gasteiger partial charge in [-0.05, 0) is 156 Å². The molecule has 0 saturated carbocycles. The number of pyridine rings is 1. The Kier molecular flexibility index (Phi) is 17.5. The van der Waals surface area contributed by atoms with Gasteiger partial charge in [0.25, 0.3) is 26.9 Å². The molecule has 0 atom stereocenters. The van der Waals surface area contributed by atoms with E-state index in [1.807, 2.05) is 24.3 Å². The smallest absolute Gasteiger partial charge is 0.255 e. The van der Waals surface area contributed by atoms with Crippen LogP contribution in [0.4, 0.5) is 0 Å². The maximum Gasteiger partial charge on any atom is 0.255 e. The Bertz CT molecular complexity index is 8150. The number of ether oxygens (including phenoxy) is 4. The van der Waals surface area contributed by atoms with Crippen molar-refractivity contribution in [1.82, 2.24) is 29.1 Å². The van der Waals surface area contributed by atoms with Crippen molar-refractivity contribution in [3.05, 3.63) is 437 Å². The molecule has 26 rings (SSSR count). The first-order valence-electron chi connectivity index (χ1n) is 44.3. The molecule has 10 nitrogen and oxygen atoms in total. The molecular formula is C116H72B4N6O4. The van der Waals surface area contributed by atoms with Crippen LogP contribution in [0.2, 0.25) is 0 Å². The van der Waals surface area contributed by atoms with E-state index in [2.05, 4.69) is 422 Å². The molecule has 4 aromatic heterocycles. The van der Waals surface area contributed by atoms with E-state index in [1.165, 1.54) is 32.6 Å². The number of rotatable bonds is 13. The lowest BCUT2D eigenvalue weighted by Crippen LogP contribution is -2.60. The summed E-state index contributed by atoms with van der Waals surface area (Å²) in [5.41, 5.74) is 28.5. The van der Waals surface area contributed by atoms with Crippen molar-refractivity contribution in [3.63, 3.8) is 0 Å². The van der Waals surface area contributed by atoms with E-state index in [9.17, 15) is 0 Å². The fraction of sp³-hybridized carbons (Fsp3) is 0. The number of hydrogen-bond donors (Lipinski definition) is 0. The molecule has 8 heterocycles. The van der Waals surface area contributed by atoms with E-state index in [1.54, 1.807) is 0 Å². The molecule has 0 unspecified atom stereocenters. The molecule has 0 N–H and O–H groups in total. The van der Waals surface area contributed by atoms with Crippen molar-refractivity contribution in [3.8, 4) is 136 Å². The number of nitrogens with zero attached hydrogens (tertiary/aromatic N) is 6. The largest absolute Gasteiger partial charge is 0.459 e. The highest BCUT2D eigenvalue weighted by atomic mass is 16.5. The van der Waals surface area contributed by atoms with Crippen LogP contribution < -0.4 is 84.5 Å². The Hall–Kier alpha value is -16.8. The minimum atomic E-state index is -0.307. The fourth-order valence-electron chi connectivity index (χ4n) is 21.0. The van der Waals surface area contributed by atoms with Crippen molar-refractivity contribution < 1.29 is 18.9 Å². The highest BCUT2D eigenvalue weighted by molar-refractivity contribution is 7.02. The minimum Gasteiger partial charge on any atom is -0.459 e. The van der Waals surface area contributed by atoms with E-state index in [4.69, 9.17) is 38.9 Å². The normalized spacial score (nSPS) is 12.6. The quantitative estimate of drug-likeness (QED) is 0.105. The van der Waals surface area contributed by atoms with Crippen LogP contribution in [0.25, 0.3) is 134 Å². The molecule has 22 aromatic rings. The average Bonchev–Trinajstić information content (AvgIpc) is 0.788. The highest BCUT2D eigenvalue weighted by Crippen LogP contribution is 2.42. The Morgan fingerprint density at radius 2 is 0.515 bits per heavy atom. The molecule has 130 heavy (non-hydrogen) atoms. The van der Waals surface area contributed by atoms with Gasteiger partial charge < -0.3 is 18.9 Å². The van der Waals surface area contributed by atoms with Crippen LogP contribution >= 0.6 is 0 Å². The molecule has 0 radical (unpaired) electrons. The van der Waals surface area contributed by atoms with Gasteiger partial charge >= 0.3 is 0 Å². The summed E-state index contributed by atoms with van der Waals surface area (Å²) in [5.74, 6) is 9.64. The number of aromatic nitrogens is 6. The average molecular weight is 1660 g/mol. The Labute approximate surface area is 752 Å². The molecule has 0 spiro atoms. The summed E-state index contributed by atoms with van der Waals surface area (Å²) < 4.78 is 33.4. The van der Waals surface area contributed by atoms with Crippen LogP contribution in [-0.4, -0.2) is 55.9 Å². The second-order valence-electron chi connectivity index (χ2n) is 34.0. The zero-order chi connectivity index (χ0) is 85.4. The van der Waals surface area contributed by atoms with E-state index >= 15 is 0 Å². The van der Waals surface area contributed by atoms with Crippen molar-refractivity contribution in [1.29, 1.82) is 0 Å². The Balaban J connectivity index is 0.552. The molecule has 0 bridgehead atoms. The van der Waals surface area contributed by atoms with E-state index < -0.39 is 0 Å². The maximum atomic E-state index is 7.47. The van der Waals surface area contributed by atoms with Gasteiger partial charge in [-0.2, -0.15) is 0 Å². The topological polar surface area (TPSA) is 98.3 Å². The SMILES string of the molecule is c1ccc(-c2nc(-c3ccc(-c4cccc(-c5ccccc5B5c6ccccc6Oc6c5ccc5c6B(c6cccc(-c7cc(-n8c9ccccc9c9ccccc98)nc(-n8c9ccccc9c9ccccc98)c7)c6)c6ccccc6O5)c4)cc3)nc(-c3cccc(B4c5ccccc5Oc5ccc6c(c54)Oc4ccccc4B6c4ccccc4-c4ccccc4)c3)n2)cc1. The van der Waals surface area contributed by atoms with Crippen LogP contribution in [0, 0.1) is 0 Å².